The van der Waals surface area contributed by atoms with E-state index < -0.39 is 6.04 Å². The molecule has 0 aliphatic carbocycles. The van der Waals surface area contributed by atoms with Crippen LogP contribution in [0.4, 0.5) is 0 Å². The highest BCUT2D eigenvalue weighted by Gasteiger charge is 2.13. The number of halogens is 1. The molecule has 1 rings (SSSR count). The van der Waals surface area contributed by atoms with Crippen molar-refractivity contribution < 1.29 is 9.53 Å². The topological polar surface area (TPSA) is 52.3 Å². The molecule has 1 aromatic rings. The molecule has 1 aromatic carbocycles. The number of hydrogen-bond acceptors (Lipinski definition) is 3. The van der Waals surface area contributed by atoms with Crippen LogP contribution < -0.4 is 5.73 Å². The third-order valence-corrected chi connectivity index (χ3v) is 2.81. The first kappa shape index (κ1) is 13.4. The first-order chi connectivity index (χ1) is 7.63. The van der Waals surface area contributed by atoms with E-state index >= 15 is 0 Å². The summed E-state index contributed by atoms with van der Waals surface area (Å²) in [6.45, 7) is 0.519. The average molecular weight is 286 g/mol. The van der Waals surface area contributed by atoms with Gasteiger partial charge in [0.15, 0.2) is 5.78 Å². The number of hydrogen-bond donors (Lipinski definition) is 1. The third kappa shape index (κ3) is 4.43. The minimum atomic E-state index is -0.432. The number of carbonyl (C=O) groups excluding carboxylic acids is 1. The number of methoxy groups -OCH3 is 1. The Bertz CT molecular complexity index is 355. The van der Waals surface area contributed by atoms with E-state index in [0.29, 0.717) is 19.4 Å². The van der Waals surface area contributed by atoms with Crippen LogP contribution in [0.1, 0.15) is 12.0 Å². The van der Waals surface area contributed by atoms with E-state index in [1.807, 2.05) is 24.3 Å². The molecule has 0 aliphatic heterocycles. The Kier molecular flexibility index (Phi) is 5.66. The summed E-state index contributed by atoms with van der Waals surface area (Å²) in [5.74, 6) is 0.0511. The van der Waals surface area contributed by atoms with Crippen LogP contribution in [0.3, 0.4) is 0 Å². The van der Waals surface area contributed by atoms with Crippen molar-refractivity contribution in [3.63, 3.8) is 0 Å². The molecule has 0 fully saturated rings. The largest absolute Gasteiger partial charge is 0.385 e. The van der Waals surface area contributed by atoms with E-state index in [0.717, 1.165) is 10.0 Å². The van der Waals surface area contributed by atoms with E-state index in [9.17, 15) is 4.79 Å². The molecule has 3 nitrogen and oxygen atoms in total. The van der Waals surface area contributed by atoms with Crippen molar-refractivity contribution in [1.29, 1.82) is 0 Å². The number of rotatable bonds is 6. The van der Waals surface area contributed by atoms with E-state index in [4.69, 9.17) is 10.5 Å². The van der Waals surface area contributed by atoms with Gasteiger partial charge >= 0.3 is 0 Å². The van der Waals surface area contributed by atoms with Gasteiger partial charge in [-0.1, -0.05) is 28.1 Å². The maximum atomic E-state index is 11.7. The highest BCUT2D eigenvalue weighted by atomic mass is 79.9. The number of ketones is 1. The Balaban J connectivity index is 2.50. The van der Waals surface area contributed by atoms with Gasteiger partial charge in [-0.15, -0.1) is 0 Å². The fourth-order valence-corrected chi connectivity index (χ4v) is 1.83. The van der Waals surface area contributed by atoms with E-state index in [-0.39, 0.29) is 5.78 Å². The molecular formula is C12H16BrNO2. The van der Waals surface area contributed by atoms with Crippen molar-refractivity contribution in [2.45, 2.75) is 18.9 Å². The van der Waals surface area contributed by atoms with Crippen LogP contribution in [0, 0.1) is 0 Å². The summed E-state index contributed by atoms with van der Waals surface area (Å²) >= 11 is 3.37. The Labute approximate surface area is 104 Å². The van der Waals surface area contributed by atoms with Crippen molar-refractivity contribution >= 4 is 21.7 Å². The van der Waals surface area contributed by atoms with Gasteiger partial charge in [0, 0.05) is 24.6 Å². The number of Topliss-reactive ketones (excluding diaryl/α,β-unsaturated/α-hetero) is 1. The van der Waals surface area contributed by atoms with Crippen LogP contribution in [0.25, 0.3) is 0 Å². The van der Waals surface area contributed by atoms with Crippen molar-refractivity contribution in [1.82, 2.24) is 0 Å². The van der Waals surface area contributed by atoms with Gasteiger partial charge in [0.05, 0.1) is 6.04 Å². The minimum Gasteiger partial charge on any atom is -0.385 e. The van der Waals surface area contributed by atoms with Crippen LogP contribution in [0.2, 0.25) is 0 Å². The highest BCUT2D eigenvalue weighted by molar-refractivity contribution is 9.10. The van der Waals surface area contributed by atoms with Gasteiger partial charge in [0.25, 0.3) is 0 Å². The molecule has 1 unspecified atom stereocenters. The number of carbonyl (C=O) groups is 1. The summed E-state index contributed by atoms with van der Waals surface area (Å²) in [6, 6.07) is 7.26. The lowest BCUT2D eigenvalue weighted by Gasteiger charge is -2.09. The summed E-state index contributed by atoms with van der Waals surface area (Å²) in [5.41, 5.74) is 6.73. The molecule has 0 aliphatic rings. The SMILES string of the molecule is COCCC(N)C(=O)Cc1cccc(Br)c1. The molecule has 0 spiro atoms. The zero-order valence-electron chi connectivity index (χ0n) is 9.28. The second kappa shape index (κ2) is 6.78. The van der Waals surface area contributed by atoms with Gasteiger partial charge in [0.2, 0.25) is 0 Å². The fourth-order valence-electron chi connectivity index (χ4n) is 1.39. The lowest BCUT2D eigenvalue weighted by Crippen LogP contribution is -2.32. The maximum Gasteiger partial charge on any atom is 0.153 e. The Morgan fingerprint density at radius 3 is 2.94 bits per heavy atom. The highest BCUT2D eigenvalue weighted by Crippen LogP contribution is 2.12. The lowest BCUT2D eigenvalue weighted by atomic mass is 10.0. The summed E-state index contributed by atoms with van der Waals surface area (Å²) in [7, 11) is 1.60. The van der Waals surface area contributed by atoms with Crippen molar-refractivity contribution in [2.24, 2.45) is 5.73 Å². The second-order valence-electron chi connectivity index (χ2n) is 3.66. The van der Waals surface area contributed by atoms with Crippen LogP contribution in [0.5, 0.6) is 0 Å². The molecule has 4 heteroatoms. The van der Waals surface area contributed by atoms with Crippen LogP contribution in [-0.4, -0.2) is 25.5 Å². The van der Waals surface area contributed by atoms with Gasteiger partial charge in [-0.3, -0.25) is 4.79 Å². The molecule has 2 N–H and O–H groups in total. The molecule has 0 radical (unpaired) electrons. The Hall–Kier alpha value is -0.710. The van der Waals surface area contributed by atoms with Crippen LogP contribution in [-0.2, 0) is 16.0 Å². The summed E-state index contributed by atoms with van der Waals surface area (Å²) < 4.78 is 5.87. The normalized spacial score (nSPS) is 12.4. The van der Waals surface area contributed by atoms with Crippen LogP contribution in [0.15, 0.2) is 28.7 Å². The molecular weight excluding hydrogens is 270 g/mol. The second-order valence-corrected chi connectivity index (χ2v) is 4.58. The van der Waals surface area contributed by atoms with Crippen molar-refractivity contribution in [2.75, 3.05) is 13.7 Å². The molecule has 0 saturated heterocycles. The lowest BCUT2D eigenvalue weighted by molar-refractivity contribution is -0.120. The molecule has 0 amide bonds. The summed E-state index contributed by atoms with van der Waals surface area (Å²) in [5, 5.41) is 0. The zero-order chi connectivity index (χ0) is 12.0. The molecule has 0 aromatic heterocycles. The average Bonchev–Trinajstić information content (AvgIpc) is 2.25. The Morgan fingerprint density at radius 2 is 2.31 bits per heavy atom. The smallest absolute Gasteiger partial charge is 0.153 e. The van der Waals surface area contributed by atoms with Gasteiger partial charge in [-0.05, 0) is 24.1 Å². The standard InChI is InChI=1S/C12H16BrNO2/c1-16-6-5-11(14)12(15)8-9-3-2-4-10(13)7-9/h2-4,7,11H,5-6,8,14H2,1H3. The van der Waals surface area contributed by atoms with Gasteiger partial charge < -0.3 is 10.5 Å². The number of nitrogens with two attached hydrogens (primary N) is 1. The van der Waals surface area contributed by atoms with E-state index in [1.165, 1.54) is 0 Å². The summed E-state index contributed by atoms with van der Waals surface area (Å²) in [6.07, 6.45) is 0.952. The van der Waals surface area contributed by atoms with E-state index in [1.54, 1.807) is 7.11 Å². The molecule has 0 heterocycles. The van der Waals surface area contributed by atoms with Gasteiger partial charge in [-0.25, -0.2) is 0 Å². The molecule has 0 saturated carbocycles. The van der Waals surface area contributed by atoms with Gasteiger partial charge in [0.1, 0.15) is 0 Å². The first-order valence-corrected chi connectivity index (χ1v) is 5.94. The summed E-state index contributed by atoms with van der Waals surface area (Å²) in [4.78, 5) is 11.7. The van der Waals surface area contributed by atoms with Crippen LogP contribution >= 0.6 is 15.9 Å². The zero-order valence-corrected chi connectivity index (χ0v) is 10.9. The van der Waals surface area contributed by atoms with Crippen molar-refractivity contribution in [3.8, 4) is 0 Å². The predicted molar refractivity (Wildman–Crippen MR) is 67.3 cm³/mol. The molecule has 88 valence electrons. The number of benzene rings is 1. The molecule has 1 atom stereocenters. The monoisotopic (exact) mass is 285 g/mol. The fraction of sp³-hybridized carbons (Fsp3) is 0.417. The third-order valence-electron chi connectivity index (χ3n) is 2.31. The minimum absolute atomic E-state index is 0.0511. The van der Waals surface area contributed by atoms with E-state index in [2.05, 4.69) is 15.9 Å². The molecule has 16 heavy (non-hydrogen) atoms. The first-order valence-electron chi connectivity index (χ1n) is 5.15. The maximum absolute atomic E-state index is 11.7. The van der Waals surface area contributed by atoms with Gasteiger partial charge in [-0.2, -0.15) is 0 Å². The predicted octanol–water partition coefficient (Wildman–Crippen LogP) is 1.92. The van der Waals surface area contributed by atoms with Crippen molar-refractivity contribution in [3.05, 3.63) is 34.3 Å². The Morgan fingerprint density at radius 1 is 1.56 bits per heavy atom. The molecule has 0 bridgehead atoms. The number of ether oxygens (including phenoxy) is 1. The quantitative estimate of drug-likeness (QED) is 0.869.